The maximum atomic E-state index is 12.7. The lowest BCUT2D eigenvalue weighted by molar-refractivity contribution is -0.0917. The van der Waals surface area contributed by atoms with Crippen molar-refractivity contribution in [2.75, 3.05) is 19.8 Å². The van der Waals surface area contributed by atoms with Crippen molar-refractivity contribution in [1.29, 1.82) is 0 Å². The molecular formula is C16H17N3O3. The summed E-state index contributed by atoms with van der Waals surface area (Å²) in [6, 6.07) is 7.88. The van der Waals surface area contributed by atoms with Gasteiger partial charge in [-0.25, -0.2) is 4.98 Å². The van der Waals surface area contributed by atoms with Crippen LogP contribution in [0.1, 0.15) is 6.42 Å². The van der Waals surface area contributed by atoms with Gasteiger partial charge in [0.05, 0.1) is 49.5 Å². The Labute approximate surface area is 126 Å². The lowest BCUT2D eigenvalue weighted by Crippen LogP contribution is -2.31. The third kappa shape index (κ3) is 2.20. The number of aromatic nitrogens is 3. The quantitative estimate of drug-likeness (QED) is 0.734. The first-order valence-corrected chi connectivity index (χ1v) is 7.47. The summed E-state index contributed by atoms with van der Waals surface area (Å²) in [5.41, 5.74) is 2.47. The van der Waals surface area contributed by atoms with Crippen molar-refractivity contribution in [3.05, 3.63) is 47.1 Å². The SMILES string of the molecule is O=c1c2cncn2c2ccccc2n1CCC1COCCO1. The van der Waals surface area contributed by atoms with Crippen LogP contribution in [0.25, 0.3) is 16.6 Å². The van der Waals surface area contributed by atoms with Crippen LogP contribution in [0, 0.1) is 0 Å². The van der Waals surface area contributed by atoms with Gasteiger partial charge in [0.25, 0.3) is 5.56 Å². The number of nitrogens with zero attached hydrogens (tertiary/aromatic N) is 3. The zero-order chi connectivity index (χ0) is 14.9. The molecule has 22 heavy (non-hydrogen) atoms. The summed E-state index contributed by atoms with van der Waals surface area (Å²) in [6.45, 7) is 2.49. The van der Waals surface area contributed by atoms with E-state index in [0.717, 1.165) is 17.5 Å². The van der Waals surface area contributed by atoms with Gasteiger partial charge >= 0.3 is 0 Å². The molecule has 1 atom stereocenters. The predicted molar refractivity (Wildman–Crippen MR) is 82.1 cm³/mol. The van der Waals surface area contributed by atoms with Crippen LogP contribution in [0.5, 0.6) is 0 Å². The minimum absolute atomic E-state index is 0.0204. The molecule has 0 amide bonds. The molecule has 2 aromatic heterocycles. The third-order valence-corrected chi connectivity index (χ3v) is 4.09. The van der Waals surface area contributed by atoms with Crippen molar-refractivity contribution in [3.8, 4) is 0 Å². The number of rotatable bonds is 3. The topological polar surface area (TPSA) is 57.8 Å². The molecule has 0 aliphatic carbocycles. The summed E-state index contributed by atoms with van der Waals surface area (Å²) >= 11 is 0. The number of benzene rings is 1. The molecule has 1 unspecified atom stereocenters. The first-order chi connectivity index (χ1) is 10.8. The average molecular weight is 299 g/mol. The minimum Gasteiger partial charge on any atom is -0.376 e. The van der Waals surface area contributed by atoms with Crippen molar-refractivity contribution in [1.82, 2.24) is 14.0 Å². The number of hydrogen-bond donors (Lipinski definition) is 0. The maximum absolute atomic E-state index is 12.7. The lowest BCUT2D eigenvalue weighted by Gasteiger charge is -2.23. The van der Waals surface area contributed by atoms with Crippen molar-refractivity contribution in [3.63, 3.8) is 0 Å². The molecule has 6 nitrogen and oxygen atoms in total. The van der Waals surface area contributed by atoms with Gasteiger partial charge < -0.3 is 14.0 Å². The number of para-hydroxylation sites is 2. The van der Waals surface area contributed by atoms with E-state index in [1.54, 1.807) is 12.5 Å². The van der Waals surface area contributed by atoms with Crippen molar-refractivity contribution in [2.45, 2.75) is 19.1 Å². The predicted octanol–water partition coefficient (Wildman–Crippen LogP) is 1.45. The standard InChI is InChI=1S/C16H17N3O3/c20-16-15-9-17-11-19(15)14-4-2-1-3-13(14)18(16)6-5-12-10-21-7-8-22-12/h1-4,9,11-12H,5-8,10H2. The Morgan fingerprint density at radius 2 is 2.05 bits per heavy atom. The molecule has 1 aliphatic heterocycles. The van der Waals surface area contributed by atoms with Crippen molar-refractivity contribution < 1.29 is 9.47 Å². The second kappa shape index (κ2) is 5.55. The van der Waals surface area contributed by atoms with Gasteiger partial charge in [-0.05, 0) is 18.6 Å². The number of hydrogen-bond acceptors (Lipinski definition) is 4. The monoisotopic (exact) mass is 299 g/mol. The Bertz CT molecular complexity index is 862. The molecule has 6 heteroatoms. The van der Waals surface area contributed by atoms with E-state index < -0.39 is 0 Å². The molecule has 1 aromatic carbocycles. The van der Waals surface area contributed by atoms with Gasteiger partial charge in [-0.1, -0.05) is 12.1 Å². The fraction of sp³-hybridized carbons (Fsp3) is 0.375. The van der Waals surface area contributed by atoms with Crippen molar-refractivity contribution >= 4 is 16.6 Å². The highest BCUT2D eigenvalue weighted by atomic mass is 16.6. The van der Waals surface area contributed by atoms with E-state index in [4.69, 9.17) is 9.47 Å². The van der Waals surface area contributed by atoms with Crippen LogP contribution < -0.4 is 5.56 Å². The zero-order valence-corrected chi connectivity index (χ0v) is 12.1. The van der Waals surface area contributed by atoms with Crippen LogP contribution in [0.4, 0.5) is 0 Å². The summed E-state index contributed by atoms with van der Waals surface area (Å²) in [5.74, 6) is 0. The fourth-order valence-electron chi connectivity index (χ4n) is 2.99. The number of ether oxygens (including phenoxy) is 2. The molecule has 3 aromatic rings. The van der Waals surface area contributed by atoms with Crippen LogP contribution in [-0.4, -0.2) is 39.9 Å². The number of aryl methyl sites for hydroxylation is 1. The Morgan fingerprint density at radius 3 is 2.86 bits per heavy atom. The van der Waals surface area contributed by atoms with E-state index >= 15 is 0 Å². The van der Waals surface area contributed by atoms with E-state index in [1.807, 2.05) is 33.2 Å². The molecule has 114 valence electrons. The first kappa shape index (κ1) is 13.5. The van der Waals surface area contributed by atoms with Crippen LogP contribution in [-0.2, 0) is 16.0 Å². The Kier molecular flexibility index (Phi) is 3.40. The summed E-state index contributed by atoms with van der Waals surface area (Å²) in [4.78, 5) is 16.8. The molecule has 1 saturated heterocycles. The van der Waals surface area contributed by atoms with Crippen LogP contribution >= 0.6 is 0 Å². The molecule has 0 spiro atoms. The molecular weight excluding hydrogens is 282 g/mol. The van der Waals surface area contributed by atoms with Gasteiger partial charge in [0.2, 0.25) is 0 Å². The summed E-state index contributed by atoms with van der Waals surface area (Å²) in [5, 5.41) is 0. The highest BCUT2D eigenvalue weighted by Crippen LogP contribution is 2.15. The Hall–Kier alpha value is -2.18. The maximum Gasteiger partial charge on any atom is 0.276 e. The highest BCUT2D eigenvalue weighted by molar-refractivity contribution is 5.78. The summed E-state index contributed by atoms with van der Waals surface area (Å²) in [7, 11) is 0. The van der Waals surface area contributed by atoms with E-state index in [1.165, 1.54) is 0 Å². The molecule has 1 aliphatic rings. The number of imidazole rings is 1. The van der Waals surface area contributed by atoms with Gasteiger partial charge in [0, 0.05) is 6.54 Å². The van der Waals surface area contributed by atoms with Gasteiger partial charge in [-0.3, -0.25) is 9.20 Å². The van der Waals surface area contributed by atoms with Crippen LogP contribution in [0.3, 0.4) is 0 Å². The third-order valence-electron chi connectivity index (χ3n) is 4.09. The molecule has 0 saturated carbocycles. The summed E-state index contributed by atoms with van der Waals surface area (Å²) < 4.78 is 14.7. The molecule has 1 fully saturated rings. The second-order valence-electron chi connectivity index (χ2n) is 5.45. The first-order valence-electron chi connectivity index (χ1n) is 7.47. The second-order valence-corrected chi connectivity index (χ2v) is 5.45. The van der Waals surface area contributed by atoms with Crippen LogP contribution in [0.2, 0.25) is 0 Å². The van der Waals surface area contributed by atoms with E-state index in [0.29, 0.717) is 31.9 Å². The molecule has 0 N–H and O–H groups in total. The number of fused-ring (bicyclic) bond motifs is 3. The largest absolute Gasteiger partial charge is 0.376 e. The van der Waals surface area contributed by atoms with Crippen molar-refractivity contribution in [2.24, 2.45) is 0 Å². The van der Waals surface area contributed by atoms with Gasteiger partial charge in [-0.2, -0.15) is 0 Å². The fourth-order valence-corrected chi connectivity index (χ4v) is 2.99. The minimum atomic E-state index is -0.0204. The van der Waals surface area contributed by atoms with Crippen LogP contribution in [0.15, 0.2) is 41.6 Å². The van der Waals surface area contributed by atoms with E-state index in [9.17, 15) is 4.79 Å². The lowest BCUT2D eigenvalue weighted by atomic mass is 10.2. The van der Waals surface area contributed by atoms with E-state index in [-0.39, 0.29) is 11.7 Å². The molecule has 3 heterocycles. The highest BCUT2D eigenvalue weighted by Gasteiger charge is 2.16. The van der Waals surface area contributed by atoms with E-state index in [2.05, 4.69) is 4.98 Å². The van der Waals surface area contributed by atoms with Gasteiger partial charge in [0.1, 0.15) is 5.52 Å². The molecule has 0 radical (unpaired) electrons. The van der Waals surface area contributed by atoms with Gasteiger partial charge in [0.15, 0.2) is 0 Å². The van der Waals surface area contributed by atoms with Gasteiger partial charge in [-0.15, -0.1) is 0 Å². The zero-order valence-electron chi connectivity index (χ0n) is 12.1. The molecule has 4 rings (SSSR count). The Balaban J connectivity index is 1.77. The smallest absolute Gasteiger partial charge is 0.276 e. The normalized spacial score (nSPS) is 19.0. The Morgan fingerprint density at radius 1 is 1.18 bits per heavy atom. The average Bonchev–Trinajstić information content (AvgIpc) is 3.06. The molecule has 0 bridgehead atoms. The summed E-state index contributed by atoms with van der Waals surface area (Å²) in [6.07, 6.45) is 4.11.